The molecule has 1 rings (SSSR count). The van der Waals surface area contributed by atoms with Crippen molar-refractivity contribution in [2.45, 2.75) is 40.0 Å². The maximum absolute atomic E-state index is 5.29. The van der Waals surface area contributed by atoms with Crippen LogP contribution in [-0.2, 0) is 11.2 Å². The summed E-state index contributed by atoms with van der Waals surface area (Å²) in [5.41, 5.74) is 1.15. The third kappa shape index (κ3) is 8.89. The Balaban J connectivity index is 0.00000441. The summed E-state index contributed by atoms with van der Waals surface area (Å²) in [6.45, 7) is 12.2. The fraction of sp³-hybridized carbons (Fsp3) is 0.733. The summed E-state index contributed by atoms with van der Waals surface area (Å²) < 4.78 is 5.29. The molecular formula is C15H29IN4OS. The number of ether oxygens (including phenoxy) is 1. The number of thiazole rings is 1. The first-order valence-electron chi connectivity index (χ1n) is 7.71. The predicted octanol–water partition coefficient (Wildman–Crippen LogP) is 3.02. The standard InChI is InChI=1S/C15H28N4OS.HI/c1-5-16-15(18-9-10-20-6-2)17-8-7-13-11-21-14(19-13)12(3)4;/h11-12H,5-10H2,1-4H3,(H2,16,17,18);1H. The van der Waals surface area contributed by atoms with Crippen LogP contribution in [0.3, 0.4) is 0 Å². The highest BCUT2D eigenvalue weighted by atomic mass is 127. The van der Waals surface area contributed by atoms with Gasteiger partial charge in [0.25, 0.3) is 0 Å². The molecule has 0 aliphatic heterocycles. The van der Waals surface area contributed by atoms with Gasteiger partial charge in [0.1, 0.15) is 0 Å². The van der Waals surface area contributed by atoms with Crippen molar-refractivity contribution in [3.05, 3.63) is 16.1 Å². The molecule has 5 nitrogen and oxygen atoms in total. The van der Waals surface area contributed by atoms with E-state index in [1.807, 2.05) is 6.92 Å². The number of nitrogens with zero attached hydrogens (tertiary/aromatic N) is 2. The number of aliphatic imine (C=N–C) groups is 1. The summed E-state index contributed by atoms with van der Waals surface area (Å²) in [6, 6.07) is 0. The van der Waals surface area contributed by atoms with Gasteiger partial charge in [-0.1, -0.05) is 13.8 Å². The van der Waals surface area contributed by atoms with E-state index < -0.39 is 0 Å². The monoisotopic (exact) mass is 440 g/mol. The lowest BCUT2D eigenvalue weighted by Gasteiger charge is -2.10. The molecule has 2 N–H and O–H groups in total. The molecule has 0 radical (unpaired) electrons. The maximum Gasteiger partial charge on any atom is 0.191 e. The molecule has 0 amide bonds. The van der Waals surface area contributed by atoms with Gasteiger partial charge in [-0.15, -0.1) is 35.3 Å². The number of aromatic nitrogens is 1. The smallest absolute Gasteiger partial charge is 0.191 e. The van der Waals surface area contributed by atoms with Gasteiger partial charge < -0.3 is 15.4 Å². The van der Waals surface area contributed by atoms with E-state index in [1.165, 1.54) is 5.01 Å². The summed E-state index contributed by atoms with van der Waals surface area (Å²) in [5.74, 6) is 1.35. The van der Waals surface area contributed by atoms with E-state index in [-0.39, 0.29) is 24.0 Å². The summed E-state index contributed by atoms with van der Waals surface area (Å²) in [4.78, 5) is 9.10. The van der Waals surface area contributed by atoms with E-state index in [0.29, 0.717) is 19.1 Å². The lowest BCUT2D eigenvalue weighted by atomic mass is 10.2. The van der Waals surface area contributed by atoms with Crippen LogP contribution in [0.1, 0.15) is 44.3 Å². The van der Waals surface area contributed by atoms with Gasteiger partial charge in [0.15, 0.2) is 5.96 Å². The predicted molar refractivity (Wildman–Crippen MR) is 106 cm³/mol. The highest BCUT2D eigenvalue weighted by Crippen LogP contribution is 2.19. The molecule has 1 aromatic rings. The Morgan fingerprint density at radius 3 is 2.73 bits per heavy atom. The zero-order chi connectivity index (χ0) is 15.5. The third-order valence-electron chi connectivity index (χ3n) is 2.79. The first-order chi connectivity index (χ1) is 10.2. The van der Waals surface area contributed by atoms with E-state index in [0.717, 1.165) is 37.8 Å². The Hall–Kier alpha value is -0.410. The van der Waals surface area contributed by atoms with Crippen molar-refractivity contribution in [3.63, 3.8) is 0 Å². The van der Waals surface area contributed by atoms with E-state index in [9.17, 15) is 0 Å². The van der Waals surface area contributed by atoms with E-state index in [1.54, 1.807) is 11.3 Å². The topological polar surface area (TPSA) is 58.5 Å². The van der Waals surface area contributed by atoms with Crippen LogP contribution in [0.25, 0.3) is 0 Å². The minimum atomic E-state index is 0. The SMILES string of the molecule is CCNC(=NCCOCC)NCCc1csc(C(C)C)n1.I. The molecule has 0 fully saturated rings. The molecule has 0 aromatic carbocycles. The van der Waals surface area contributed by atoms with Gasteiger partial charge >= 0.3 is 0 Å². The van der Waals surface area contributed by atoms with Crippen molar-refractivity contribution in [2.75, 3.05) is 32.8 Å². The van der Waals surface area contributed by atoms with Gasteiger partial charge in [-0.25, -0.2) is 4.98 Å². The summed E-state index contributed by atoms with van der Waals surface area (Å²) >= 11 is 1.74. The number of hydrogen-bond donors (Lipinski definition) is 2. The zero-order valence-corrected chi connectivity index (χ0v) is 17.2. The molecule has 0 atom stereocenters. The van der Waals surface area contributed by atoms with Crippen LogP contribution in [0, 0.1) is 0 Å². The van der Waals surface area contributed by atoms with E-state index in [4.69, 9.17) is 4.74 Å². The minimum Gasteiger partial charge on any atom is -0.380 e. The normalized spacial score (nSPS) is 11.4. The minimum absolute atomic E-state index is 0. The molecule has 128 valence electrons. The Kier molecular flexibility index (Phi) is 12.8. The third-order valence-corrected chi connectivity index (χ3v) is 3.98. The van der Waals surface area contributed by atoms with Crippen LogP contribution < -0.4 is 10.6 Å². The van der Waals surface area contributed by atoms with Crippen LogP contribution in [-0.4, -0.2) is 43.8 Å². The maximum atomic E-state index is 5.29. The second-order valence-electron chi connectivity index (χ2n) is 4.97. The molecule has 0 aliphatic rings. The van der Waals surface area contributed by atoms with Gasteiger partial charge in [0, 0.05) is 37.4 Å². The Bertz CT molecular complexity index is 423. The highest BCUT2D eigenvalue weighted by Gasteiger charge is 2.05. The van der Waals surface area contributed by atoms with Crippen LogP contribution in [0.5, 0.6) is 0 Å². The molecule has 0 aliphatic carbocycles. The Labute approximate surface area is 155 Å². The average Bonchev–Trinajstić information content (AvgIpc) is 2.92. The first kappa shape index (κ1) is 21.6. The largest absolute Gasteiger partial charge is 0.380 e. The van der Waals surface area contributed by atoms with Gasteiger partial charge in [-0.2, -0.15) is 0 Å². The molecule has 0 spiro atoms. The van der Waals surface area contributed by atoms with Crippen molar-refractivity contribution in [2.24, 2.45) is 4.99 Å². The Morgan fingerprint density at radius 1 is 1.36 bits per heavy atom. The summed E-state index contributed by atoms with van der Waals surface area (Å²) in [7, 11) is 0. The molecule has 1 heterocycles. The second kappa shape index (κ2) is 13.1. The molecule has 22 heavy (non-hydrogen) atoms. The average molecular weight is 440 g/mol. The van der Waals surface area contributed by atoms with Crippen molar-refractivity contribution >= 4 is 41.3 Å². The number of halogens is 1. The molecule has 7 heteroatoms. The Morgan fingerprint density at radius 2 is 2.14 bits per heavy atom. The van der Waals surface area contributed by atoms with Crippen LogP contribution >= 0.6 is 35.3 Å². The summed E-state index contributed by atoms with van der Waals surface area (Å²) in [6.07, 6.45) is 0.916. The van der Waals surface area contributed by atoms with Gasteiger partial charge in [0.05, 0.1) is 23.9 Å². The number of rotatable bonds is 9. The zero-order valence-electron chi connectivity index (χ0n) is 14.0. The fourth-order valence-electron chi connectivity index (χ4n) is 1.72. The highest BCUT2D eigenvalue weighted by molar-refractivity contribution is 14.0. The van der Waals surface area contributed by atoms with Crippen LogP contribution in [0.4, 0.5) is 0 Å². The first-order valence-corrected chi connectivity index (χ1v) is 8.59. The van der Waals surface area contributed by atoms with Gasteiger partial charge in [0.2, 0.25) is 0 Å². The molecular weight excluding hydrogens is 411 g/mol. The van der Waals surface area contributed by atoms with E-state index in [2.05, 4.69) is 46.8 Å². The van der Waals surface area contributed by atoms with Crippen molar-refractivity contribution in [3.8, 4) is 0 Å². The number of nitrogens with one attached hydrogen (secondary N) is 2. The second-order valence-corrected chi connectivity index (χ2v) is 5.86. The van der Waals surface area contributed by atoms with Crippen LogP contribution in [0.2, 0.25) is 0 Å². The number of guanidine groups is 1. The van der Waals surface area contributed by atoms with Crippen LogP contribution in [0.15, 0.2) is 10.4 Å². The van der Waals surface area contributed by atoms with Gasteiger partial charge in [-0.05, 0) is 13.8 Å². The van der Waals surface area contributed by atoms with E-state index >= 15 is 0 Å². The molecule has 1 aromatic heterocycles. The molecule has 0 saturated heterocycles. The summed E-state index contributed by atoms with van der Waals surface area (Å²) in [5, 5.41) is 9.93. The van der Waals surface area contributed by atoms with Crippen molar-refractivity contribution < 1.29 is 4.74 Å². The van der Waals surface area contributed by atoms with Crippen molar-refractivity contribution in [1.82, 2.24) is 15.6 Å². The quantitative estimate of drug-likeness (QED) is 0.268. The molecule has 0 bridgehead atoms. The molecule has 0 saturated carbocycles. The lowest BCUT2D eigenvalue weighted by molar-refractivity contribution is 0.155. The molecule has 0 unspecified atom stereocenters. The lowest BCUT2D eigenvalue weighted by Crippen LogP contribution is -2.38. The fourth-order valence-corrected chi connectivity index (χ4v) is 2.59. The number of hydrogen-bond acceptors (Lipinski definition) is 4. The van der Waals surface area contributed by atoms with Crippen molar-refractivity contribution in [1.29, 1.82) is 0 Å². The van der Waals surface area contributed by atoms with Gasteiger partial charge in [-0.3, -0.25) is 4.99 Å².